The smallest absolute Gasteiger partial charge is 0.310 e. The van der Waals surface area contributed by atoms with Gasteiger partial charge in [-0.15, -0.1) is 0 Å². The van der Waals surface area contributed by atoms with Crippen LogP contribution >= 0.6 is 0 Å². The third-order valence-corrected chi connectivity index (χ3v) is 2.69. The standard InChI is InChI=1S/C9H16FNO2/c1-9(8(12)13)3-2-5-11(7-9)6-4-10/h2-7H2,1H3,(H,12,13). The fourth-order valence-corrected chi connectivity index (χ4v) is 1.83. The van der Waals surface area contributed by atoms with E-state index in [2.05, 4.69) is 0 Å². The Morgan fingerprint density at radius 1 is 1.69 bits per heavy atom. The van der Waals surface area contributed by atoms with E-state index in [1.165, 1.54) is 0 Å². The zero-order chi connectivity index (χ0) is 9.90. The second kappa shape index (κ2) is 4.05. The van der Waals surface area contributed by atoms with E-state index in [1.54, 1.807) is 6.92 Å². The molecule has 0 aromatic carbocycles. The molecule has 0 saturated carbocycles. The molecule has 1 heterocycles. The van der Waals surface area contributed by atoms with Crippen LogP contribution in [0.15, 0.2) is 0 Å². The Balaban J connectivity index is 2.54. The number of likely N-dealkylation sites (tertiary alicyclic amines) is 1. The van der Waals surface area contributed by atoms with E-state index < -0.39 is 18.1 Å². The van der Waals surface area contributed by atoms with Crippen LogP contribution in [0.25, 0.3) is 0 Å². The van der Waals surface area contributed by atoms with Crippen molar-refractivity contribution in [1.29, 1.82) is 0 Å². The first-order valence-electron chi connectivity index (χ1n) is 4.60. The van der Waals surface area contributed by atoms with Gasteiger partial charge in [0.15, 0.2) is 0 Å². The molecule has 1 unspecified atom stereocenters. The molecule has 1 N–H and O–H groups in total. The largest absolute Gasteiger partial charge is 0.481 e. The first-order valence-corrected chi connectivity index (χ1v) is 4.60. The molecule has 3 nitrogen and oxygen atoms in total. The number of carboxylic acids is 1. The maximum atomic E-state index is 12.0. The van der Waals surface area contributed by atoms with Crippen molar-refractivity contribution < 1.29 is 14.3 Å². The summed E-state index contributed by atoms with van der Waals surface area (Å²) in [5.74, 6) is -0.768. The summed E-state index contributed by atoms with van der Waals surface area (Å²) < 4.78 is 12.0. The zero-order valence-corrected chi connectivity index (χ0v) is 7.92. The van der Waals surface area contributed by atoms with Crippen LogP contribution in [-0.4, -0.2) is 42.3 Å². The van der Waals surface area contributed by atoms with Crippen LogP contribution in [0.3, 0.4) is 0 Å². The number of alkyl halides is 1. The van der Waals surface area contributed by atoms with Crippen LogP contribution in [-0.2, 0) is 4.79 Å². The van der Waals surface area contributed by atoms with Crippen molar-refractivity contribution >= 4 is 5.97 Å². The lowest BCUT2D eigenvalue weighted by Gasteiger charge is -2.36. The number of carboxylic acid groups (broad SMARTS) is 1. The molecule has 0 aromatic rings. The third kappa shape index (κ3) is 2.40. The predicted molar refractivity (Wildman–Crippen MR) is 47.4 cm³/mol. The molecule has 76 valence electrons. The van der Waals surface area contributed by atoms with E-state index in [1.807, 2.05) is 4.90 Å². The summed E-state index contributed by atoms with van der Waals surface area (Å²) >= 11 is 0. The summed E-state index contributed by atoms with van der Waals surface area (Å²) in [7, 11) is 0. The number of rotatable bonds is 3. The van der Waals surface area contributed by atoms with Gasteiger partial charge in [0, 0.05) is 13.1 Å². The molecule has 1 aliphatic rings. The van der Waals surface area contributed by atoms with Gasteiger partial charge < -0.3 is 5.11 Å². The van der Waals surface area contributed by atoms with Crippen LogP contribution in [0.4, 0.5) is 4.39 Å². The summed E-state index contributed by atoms with van der Waals surface area (Å²) in [5, 5.41) is 8.96. The zero-order valence-electron chi connectivity index (χ0n) is 7.92. The van der Waals surface area contributed by atoms with Crippen molar-refractivity contribution in [2.75, 3.05) is 26.3 Å². The topological polar surface area (TPSA) is 40.5 Å². The van der Waals surface area contributed by atoms with Gasteiger partial charge in [0.05, 0.1) is 5.41 Å². The number of halogens is 1. The molecule has 1 saturated heterocycles. The van der Waals surface area contributed by atoms with Crippen molar-refractivity contribution in [3.63, 3.8) is 0 Å². The Morgan fingerprint density at radius 3 is 2.92 bits per heavy atom. The van der Waals surface area contributed by atoms with Gasteiger partial charge in [-0.3, -0.25) is 9.69 Å². The molecule has 0 radical (unpaired) electrons. The normalized spacial score (nSPS) is 30.3. The van der Waals surface area contributed by atoms with Gasteiger partial charge in [0.1, 0.15) is 6.67 Å². The number of hydrogen-bond donors (Lipinski definition) is 1. The van der Waals surface area contributed by atoms with Crippen molar-refractivity contribution in [3.8, 4) is 0 Å². The molecule has 1 atom stereocenters. The van der Waals surface area contributed by atoms with Crippen molar-refractivity contribution in [2.24, 2.45) is 5.41 Å². The Kier molecular flexibility index (Phi) is 3.25. The maximum absolute atomic E-state index is 12.0. The molecular formula is C9H16FNO2. The van der Waals surface area contributed by atoms with E-state index >= 15 is 0 Å². The Morgan fingerprint density at radius 2 is 2.38 bits per heavy atom. The van der Waals surface area contributed by atoms with E-state index in [9.17, 15) is 9.18 Å². The van der Waals surface area contributed by atoms with Crippen LogP contribution in [0, 0.1) is 5.41 Å². The average molecular weight is 189 g/mol. The number of nitrogens with zero attached hydrogens (tertiary/aromatic N) is 1. The summed E-state index contributed by atoms with van der Waals surface area (Å²) in [6, 6.07) is 0. The molecule has 0 spiro atoms. The summed E-state index contributed by atoms with van der Waals surface area (Å²) in [6.07, 6.45) is 1.55. The summed E-state index contributed by atoms with van der Waals surface area (Å²) in [6.45, 7) is 3.01. The number of carbonyl (C=O) groups is 1. The minimum Gasteiger partial charge on any atom is -0.481 e. The second-order valence-corrected chi connectivity index (χ2v) is 3.93. The molecule has 1 rings (SSSR count). The molecule has 0 bridgehead atoms. The molecular weight excluding hydrogens is 173 g/mol. The summed E-state index contributed by atoms with van der Waals surface area (Å²) in [5.41, 5.74) is -0.673. The van der Waals surface area contributed by atoms with Crippen molar-refractivity contribution in [3.05, 3.63) is 0 Å². The van der Waals surface area contributed by atoms with Crippen LogP contribution in [0.5, 0.6) is 0 Å². The third-order valence-electron chi connectivity index (χ3n) is 2.69. The monoisotopic (exact) mass is 189 g/mol. The highest BCUT2D eigenvalue weighted by Gasteiger charge is 2.37. The maximum Gasteiger partial charge on any atom is 0.310 e. The van der Waals surface area contributed by atoms with E-state index in [-0.39, 0.29) is 0 Å². The van der Waals surface area contributed by atoms with Gasteiger partial charge in [-0.25, -0.2) is 4.39 Å². The Bertz CT molecular complexity index is 196. The lowest BCUT2D eigenvalue weighted by molar-refractivity contribution is -0.151. The van der Waals surface area contributed by atoms with Crippen molar-refractivity contribution in [1.82, 2.24) is 4.90 Å². The molecule has 0 aliphatic carbocycles. The number of hydrogen-bond acceptors (Lipinski definition) is 2. The lowest BCUT2D eigenvalue weighted by atomic mass is 9.82. The minimum atomic E-state index is -0.768. The van der Waals surface area contributed by atoms with E-state index in [0.717, 1.165) is 13.0 Å². The van der Waals surface area contributed by atoms with Gasteiger partial charge in [0.25, 0.3) is 0 Å². The highest BCUT2D eigenvalue weighted by Crippen LogP contribution is 2.29. The predicted octanol–water partition coefficient (Wildman–Crippen LogP) is 1.14. The Hall–Kier alpha value is -0.640. The average Bonchev–Trinajstić information content (AvgIpc) is 2.04. The highest BCUT2D eigenvalue weighted by atomic mass is 19.1. The quantitative estimate of drug-likeness (QED) is 0.723. The SMILES string of the molecule is CC1(C(=O)O)CCCN(CCF)C1. The van der Waals surface area contributed by atoms with Crippen LogP contribution < -0.4 is 0 Å². The van der Waals surface area contributed by atoms with E-state index in [0.29, 0.717) is 19.5 Å². The van der Waals surface area contributed by atoms with Gasteiger partial charge in [-0.1, -0.05) is 0 Å². The molecule has 4 heteroatoms. The molecule has 0 aromatic heterocycles. The second-order valence-electron chi connectivity index (χ2n) is 3.93. The van der Waals surface area contributed by atoms with Gasteiger partial charge >= 0.3 is 5.97 Å². The fourth-order valence-electron chi connectivity index (χ4n) is 1.83. The number of aliphatic carboxylic acids is 1. The number of piperidine rings is 1. The van der Waals surface area contributed by atoms with Crippen LogP contribution in [0.1, 0.15) is 19.8 Å². The highest BCUT2D eigenvalue weighted by molar-refractivity contribution is 5.74. The first-order chi connectivity index (χ1) is 6.08. The van der Waals surface area contributed by atoms with E-state index in [4.69, 9.17) is 5.11 Å². The molecule has 1 fully saturated rings. The molecule has 1 aliphatic heterocycles. The minimum absolute atomic E-state index is 0.364. The van der Waals surface area contributed by atoms with Crippen molar-refractivity contribution in [2.45, 2.75) is 19.8 Å². The van der Waals surface area contributed by atoms with Gasteiger partial charge in [-0.2, -0.15) is 0 Å². The summed E-state index contributed by atoms with van der Waals surface area (Å²) in [4.78, 5) is 12.8. The van der Waals surface area contributed by atoms with Crippen LogP contribution in [0.2, 0.25) is 0 Å². The van der Waals surface area contributed by atoms with Gasteiger partial charge in [-0.05, 0) is 26.3 Å². The first kappa shape index (κ1) is 10.4. The fraction of sp³-hybridized carbons (Fsp3) is 0.889. The lowest BCUT2D eigenvalue weighted by Crippen LogP contribution is -2.46. The molecule has 0 amide bonds. The Labute approximate surface area is 77.5 Å². The van der Waals surface area contributed by atoms with Gasteiger partial charge in [0.2, 0.25) is 0 Å². The molecule has 13 heavy (non-hydrogen) atoms.